The minimum absolute atomic E-state index is 0.0789. The van der Waals surface area contributed by atoms with E-state index in [0.717, 1.165) is 25.2 Å². The Morgan fingerprint density at radius 2 is 1.94 bits per heavy atom. The maximum Gasteiger partial charge on any atom is 0.0897 e. The number of nitrogens with one attached hydrogen (secondary N) is 1. The fraction of sp³-hybridized carbons (Fsp3) is 1.00. The van der Waals surface area contributed by atoms with Gasteiger partial charge in [0, 0.05) is 12.6 Å². The molecule has 1 saturated carbocycles. The second-order valence-corrected chi connectivity index (χ2v) is 5.57. The molecule has 0 aromatic carbocycles. The van der Waals surface area contributed by atoms with Crippen molar-refractivity contribution in [3.8, 4) is 0 Å². The van der Waals surface area contributed by atoms with E-state index in [0.29, 0.717) is 19.3 Å². The summed E-state index contributed by atoms with van der Waals surface area (Å²) in [6.45, 7) is 5.30. The second kappa shape index (κ2) is 8.86. The summed E-state index contributed by atoms with van der Waals surface area (Å²) < 4.78 is 5.74. The standard InChI is InChI=1S/C14H29NO3/c1-3-12(9-16)15-8-13(17)10-18-14-6-4-11(2)5-7-14/h11-17H,3-10H2,1-2H3. The maximum atomic E-state index is 9.80. The van der Waals surface area contributed by atoms with Gasteiger partial charge in [-0.25, -0.2) is 0 Å². The van der Waals surface area contributed by atoms with Gasteiger partial charge >= 0.3 is 0 Å². The Bertz CT molecular complexity index is 201. The summed E-state index contributed by atoms with van der Waals surface area (Å²) in [5.41, 5.74) is 0. The van der Waals surface area contributed by atoms with Crippen molar-refractivity contribution in [2.45, 2.75) is 64.2 Å². The number of aliphatic hydroxyl groups is 2. The van der Waals surface area contributed by atoms with Crippen LogP contribution in [0, 0.1) is 5.92 Å². The molecule has 1 aliphatic carbocycles. The van der Waals surface area contributed by atoms with Gasteiger partial charge in [0.05, 0.1) is 25.4 Å². The van der Waals surface area contributed by atoms with Crippen LogP contribution in [0.4, 0.5) is 0 Å². The monoisotopic (exact) mass is 259 g/mol. The minimum atomic E-state index is -0.482. The third-order valence-electron chi connectivity index (χ3n) is 3.84. The summed E-state index contributed by atoms with van der Waals surface area (Å²) in [5.74, 6) is 0.825. The van der Waals surface area contributed by atoms with Gasteiger partial charge in [-0.15, -0.1) is 0 Å². The van der Waals surface area contributed by atoms with Crippen LogP contribution in [0.3, 0.4) is 0 Å². The third kappa shape index (κ3) is 6.14. The SMILES string of the molecule is CCC(CO)NCC(O)COC1CCC(C)CC1. The Labute approximate surface area is 111 Å². The lowest BCUT2D eigenvalue weighted by atomic mass is 9.89. The van der Waals surface area contributed by atoms with Gasteiger partial charge in [0.15, 0.2) is 0 Å². The molecule has 0 spiro atoms. The van der Waals surface area contributed by atoms with Crippen molar-refractivity contribution in [1.82, 2.24) is 5.32 Å². The Balaban J connectivity index is 2.07. The first-order valence-corrected chi connectivity index (χ1v) is 7.29. The van der Waals surface area contributed by atoms with Crippen molar-refractivity contribution in [3.63, 3.8) is 0 Å². The van der Waals surface area contributed by atoms with Crippen molar-refractivity contribution >= 4 is 0 Å². The van der Waals surface area contributed by atoms with Gasteiger partial charge in [0.2, 0.25) is 0 Å². The van der Waals surface area contributed by atoms with E-state index in [2.05, 4.69) is 12.2 Å². The van der Waals surface area contributed by atoms with Crippen LogP contribution in [0.1, 0.15) is 46.0 Å². The zero-order valence-corrected chi connectivity index (χ0v) is 11.8. The van der Waals surface area contributed by atoms with Crippen molar-refractivity contribution in [3.05, 3.63) is 0 Å². The normalized spacial score (nSPS) is 28.0. The third-order valence-corrected chi connectivity index (χ3v) is 3.84. The van der Waals surface area contributed by atoms with Gasteiger partial charge in [-0.1, -0.05) is 13.8 Å². The molecule has 0 aliphatic heterocycles. The molecule has 2 atom stereocenters. The molecule has 108 valence electrons. The van der Waals surface area contributed by atoms with Crippen molar-refractivity contribution < 1.29 is 14.9 Å². The molecule has 0 radical (unpaired) electrons. The summed E-state index contributed by atoms with van der Waals surface area (Å²) in [6, 6.07) is 0.0789. The fourth-order valence-corrected chi connectivity index (χ4v) is 2.34. The molecule has 1 fully saturated rings. The van der Waals surface area contributed by atoms with E-state index < -0.39 is 6.10 Å². The van der Waals surface area contributed by atoms with Crippen LogP contribution >= 0.6 is 0 Å². The van der Waals surface area contributed by atoms with E-state index in [1.807, 2.05) is 6.92 Å². The van der Waals surface area contributed by atoms with Crippen LogP contribution in [-0.2, 0) is 4.74 Å². The molecule has 4 heteroatoms. The van der Waals surface area contributed by atoms with Crippen molar-refractivity contribution in [2.24, 2.45) is 5.92 Å². The summed E-state index contributed by atoms with van der Waals surface area (Å²) >= 11 is 0. The molecule has 18 heavy (non-hydrogen) atoms. The molecule has 4 nitrogen and oxygen atoms in total. The van der Waals surface area contributed by atoms with Crippen molar-refractivity contribution in [1.29, 1.82) is 0 Å². The highest BCUT2D eigenvalue weighted by molar-refractivity contribution is 4.72. The molecule has 0 saturated heterocycles. The summed E-state index contributed by atoms with van der Waals surface area (Å²) in [7, 11) is 0. The van der Waals surface area contributed by atoms with E-state index >= 15 is 0 Å². The smallest absolute Gasteiger partial charge is 0.0897 e. The van der Waals surface area contributed by atoms with E-state index in [1.54, 1.807) is 0 Å². The molecule has 0 heterocycles. The molecular weight excluding hydrogens is 230 g/mol. The highest BCUT2D eigenvalue weighted by atomic mass is 16.5. The molecule has 3 N–H and O–H groups in total. The Kier molecular flexibility index (Phi) is 7.82. The van der Waals surface area contributed by atoms with Gasteiger partial charge in [-0.2, -0.15) is 0 Å². The maximum absolute atomic E-state index is 9.80. The predicted octanol–water partition coefficient (Wildman–Crippen LogP) is 1.30. The van der Waals surface area contributed by atoms with Crippen LogP contribution in [0.2, 0.25) is 0 Å². The predicted molar refractivity (Wildman–Crippen MR) is 72.5 cm³/mol. The van der Waals surface area contributed by atoms with E-state index in [1.165, 1.54) is 12.8 Å². The number of aliphatic hydroxyl groups excluding tert-OH is 2. The second-order valence-electron chi connectivity index (χ2n) is 5.57. The van der Waals surface area contributed by atoms with Gasteiger partial charge in [0.25, 0.3) is 0 Å². The minimum Gasteiger partial charge on any atom is -0.395 e. The number of ether oxygens (including phenoxy) is 1. The topological polar surface area (TPSA) is 61.7 Å². The van der Waals surface area contributed by atoms with Crippen molar-refractivity contribution in [2.75, 3.05) is 19.8 Å². The molecule has 0 aromatic rings. The summed E-state index contributed by atoms with van der Waals surface area (Å²) in [4.78, 5) is 0. The van der Waals surface area contributed by atoms with Gasteiger partial charge in [-0.3, -0.25) is 0 Å². The largest absolute Gasteiger partial charge is 0.395 e. The van der Waals surface area contributed by atoms with Crippen LogP contribution in [-0.4, -0.2) is 48.2 Å². The highest BCUT2D eigenvalue weighted by Gasteiger charge is 2.19. The lowest BCUT2D eigenvalue weighted by Gasteiger charge is -2.27. The Morgan fingerprint density at radius 1 is 1.28 bits per heavy atom. The quantitative estimate of drug-likeness (QED) is 0.615. The molecule has 2 unspecified atom stereocenters. The van der Waals surface area contributed by atoms with E-state index in [-0.39, 0.29) is 12.6 Å². The van der Waals surface area contributed by atoms with Gasteiger partial charge in [0.1, 0.15) is 0 Å². The van der Waals surface area contributed by atoms with Gasteiger partial charge in [-0.05, 0) is 38.0 Å². The highest BCUT2D eigenvalue weighted by Crippen LogP contribution is 2.25. The zero-order valence-electron chi connectivity index (χ0n) is 11.8. The van der Waals surface area contributed by atoms with Crippen LogP contribution in [0.15, 0.2) is 0 Å². The molecule has 0 aromatic heterocycles. The fourth-order valence-electron chi connectivity index (χ4n) is 2.34. The van der Waals surface area contributed by atoms with Crippen LogP contribution in [0.25, 0.3) is 0 Å². The average Bonchev–Trinajstić information content (AvgIpc) is 2.39. The van der Waals surface area contributed by atoms with Gasteiger partial charge < -0.3 is 20.3 Å². The first kappa shape index (κ1) is 15.9. The molecule has 0 bridgehead atoms. The summed E-state index contributed by atoms with van der Waals surface area (Å²) in [6.07, 6.45) is 5.43. The zero-order chi connectivity index (χ0) is 13.4. The molecule has 1 rings (SSSR count). The van der Waals surface area contributed by atoms with Crippen LogP contribution in [0.5, 0.6) is 0 Å². The molecule has 0 amide bonds. The number of hydrogen-bond donors (Lipinski definition) is 3. The van der Waals surface area contributed by atoms with Crippen LogP contribution < -0.4 is 5.32 Å². The average molecular weight is 259 g/mol. The summed E-state index contributed by atoms with van der Waals surface area (Å²) in [5, 5.41) is 22.0. The number of rotatable bonds is 8. The Morgan fingerprint density at radius 3 is 2.50 bits per heavy atom. The van der Waals surface area contributed by atoms with E-state index in [9.17, 15) is 5.11 Å². The molecular formula is C14H29NO3. The molecule has 1 aliphatic rings. The lowest BCUT2D eigenvalue weighted by molar-refractivity contribution is -0.0287. The lowest BCUT2D eigenvalue weighted by Crippen LogP contribution is -2.39. The van der Waals surface area contributed by atoms with E-state index in [4.69, 9.17) is 9.84 Å². The first-order chi connectivity index (χ1) is 8.65. The Hall–Kier alpha value is -0.160. The first-order valence-electron chi connectivity index (χ1n) is 7.29. The number of hydrogen-bond acceptors (Lipinski definition) is 4.